The number of carbonyl (C=O) groups is 2. The molecule has 2 aromatic heterocycles. The van der Waals surface area contributed by atoms with Gasteiger partial charge in [0.25, 0.3) is 0 Å². The fraction of sp³-hybridized carbons (Fsp3) is 0.263. The first kappa shape index (κ1) is 16.3. The second-order valence-corrected chi connectivity index (χ2v) is 6.22. The quantitative estimate of drug-likeness (QED) is 0.562. The summed E-state index contributed by atoms with van der Waals surface area (Å²) in [5.41, 5.74) is 1.47. The number of para-hydroxylation sites is 1. The second kappa shape index (κ2) is 6.95. The molecule has 132 valence electrons. The third kappa shape index (κ3) is 3.15. The van der Waals surface area contributed by atoms with Crippen LogP contribution in [-0.4, -0.2) is 46.6 Å². The van der Waals surface area contributed by atoms with Gasteiger partial charge in [-0.25, -0.2) is 4.79 Å². The van der Waals surface area contributed by atoms with E-state index in [4.69, 9.17) is 4.74 Å². The first-order valence-electron chi connectivity index (χ1n) is 8.57. The number of H-pyrrole nitrogens is 1. The Hall–Kier alpha value is -3.22. The number of hydrogen-bond donors (Lipinski definition) is 1. The van der Waals surface area contributed by atoms with Crippen LogP contribution in [-0.2, 0) is 4.74 Å². The number of aromatic amines is 1. The van der Waals surface area contributed by atoms with Crippen LogP contribution in [0.15, 0.2) is 42.6 Å². The third-order valence-corrected chi connectivity index (χ3v) is 4.51. The van der Waals surface area contributed by atoms with Gasteiger partial charge in [0.1, 0.15) is 0 Å². The zero-order valence-corrected chi connectivity index (χ0v) is 14.1. The molecule has 0 unspecified atom stereocenters. The Morgan fingerprint density at radius 3 is 2.65 bits per heavy atom. The highest BCUT2D eigenvalue weighted by Gasteiger charge is 2.18. The van der Waals surface area contributed by atoms with E-state index in [1.165, 1.54) is 0 Å². The molecule has 4 rings (SSSR count). The van der Waals surface area contributed by atoms with Gasteiger partial charge in [-0.1, -0.05) is 18.2 Å². The van der Waals surface area contributed by atoms with Gasteiger partial charge in [0.2, 0.25) is 5.78 Å². The molecule has 0 amide bonds. The molecule has 26 heavy (non-hydrogen) atoms. The van der Waals surface area contributed by atoms with Gasteiger partial charge in [0.05, 0.1) is 0 Å². The van der Waals surface area contributed by atoms with Crippen molar-refractivity contribution in [1.82, 2.24) is 15.2 Å². The van der Waals surface area contributed by atoms with Gasteiger partial charge in [0, 0.05) is 35.8 Å². The van der Waals surface area contributed by atoms with Crippen LogP contribution in [0, 0.1) is 0 Å². The Kier molecular flexibility index (Phi) is 4.35. The maximum Gasteiger partial charge on any atom is 0.359 e. The lowest BCUT2D eigenvalue weighted by atomic mass is 10.1. The van der Waals surface area contributed by atoms with Crippen LogP contribution in [0.25, 0.3) is 10.9 Å². The Morgan fingerprint density at radius 1 is 1.08 bits per heavy atom. The van der Waals surface area contributed by atoms with Crippen LogP contribution < -0.4 is 4.90 Å². The topological polar surface area (TPSA) is 88.2 Å². The highest BCUT2D eigenvalue weighted by molar-refractivity contribution is 6.09. The number of ether oxygens (including phenoxy) is 1. The lowest BCUT2D eigenvalue weighted by molar-refractivity contribution is 0.0468. The van der Waals surface area contributed by atoms with Crippen molar-refractivity contribution in [3.63, 3.8) is 0 Å². The molecule has 0 radical (unpaired) electrons. The Morgan fingerprint density at radius 2 is 1.88 bits per heavy atom. The monoisotopic (exact) mass is 350 g/mol. The number of ketones is 1. The summed E-state index contributed by atoms with van der Waals surface area (Å²) in [5.74, 6) is -0.162. The summed E-state index contributed by atoms with van der Waals surface area (Å²) in [4.78, 5) is 29.6. The fourth-order valence-electron chi connectivity index (χ4n) is 3.13. The van der Waals surface area contributed by atoms with E-state index in [-0.39, 0.29) is 18.1 Å². The molecule has 7 heteroatoms. The molecular weight excluding hydrogens is 332 g/mol. The number of carbonyl (C=O) groups excluding carboxylic acids is 2. The lowest BCUT2D eigenvalue weighted by Crippen LogP contribution is -2.20. The summed E-state index contributed by atoms with van der Waals surface area (Å²) in [6.45, 7) is 1.57. The molecular formula is C19H18N4O3. The van der Waals surface area contributed by atoms with E-state index in [1.54, 1.807) is 18.3 Å². The minimum Gasteiger partial charge on any atom is -0.453 e. The number of hydrogen-bond acceptors (Lipinski definition) is 6. The summed E-state index contributed by atoms with van der Waals surface area (Å²) in [7, 11) is 0. The molecule has 3 aromatic rings. The van der Waals surface area contributed by atoms with Crippen molar-refractivity contribution in [2.75, 3.05) is 24.6 Å². The molecule has 0 bridgehead atoms. The Balaban J connectivity index is 1.39. The van der Waals surface area contributed by atoms with E-state index in [0.717, 1.165) is 42.7 Å². The molecule has 1 fully saturated rings. The number of nitrogens with one attached hydrogen (secondary N) is 1. The van der Waals surface area contributed by atoms with Crippen LogP contribution in [0.3, 0.4) is 0 Å². The number of anilines is 1. The summed E-state index contributed by atoms with van der Waals surface area (Å²) in [6.07, 6.45) is 3.91. The standard InChI is InChI=1S/C19H18N4O3/c24-17(14-11-20-15-6-2-1-5-13(14)15)12-26-19(25)16-7-8-18(22-21-16)23-9-3-4-10-23/h1-2,5-8,11,20H,3-4,9-10,12H2. The highest BCUT2D eigenvalue weighted by Crippen LogP contribution is 2.19. The van der Waals surface area contributed by atoms with Crippen molar-refractivity contribution in [3.8, 4) is 0 Å². The zero-order valence-electron chi connectivity index (χ0n) is 14.1. The number of aromatic nitrogens is 3. The van der Waals surface area contributed by atoms with Crippen molar-refractivity contribution in [2.45, 2.75) is 12.8 Å². The smallest absolute Gasteiger partial charge is 0.359 e. The van der Waals surface area contributed by atoms with E-state index >= 15 is 0 Å². The van der Waals surface area contributed by atoms with Gasteiger partial charge in [-0.05, 0) is 31.0 Å². The molecule has 7 nitrogen and oxygen atoms in total. The summed E-state index contributed by atoms with van der Waals surface area (Å²) in [5, 5.41) is 8.82. The van der Waals surface area contributed by atoms with Gasteiger partial charge in [0.15, 0.2) is 18.1 Å². The maximum absolute atomic E-state index is 12.3. The molecule has 1 saturated heterocycles. The largest absolute Gasteiger partial charge is 0.453 e. The van der Waals surface area contributed by atoms with Crippen LogP contribution in [0.4, 0.5) is 5.82 Å². The van der Waals surface area contributed by atoms with Crippen molar-refractivity contribution in [3.05, 3.63) is 53.9 Å². The molecule has 1 aromatic carbocycles. The first-order chi connectivity index (χ1) is 12.7. The predicted octanol–water partition coefficient (Wildman–Crippen LogP) is 2.60. The average Bonchev–Trinajstić information content (AvgIpc) is 3.36. The molecule has 3 heterocycles. The van der Waals surface area contributed by atoms with Gasteiger partial charge in [-0.15, -0.1) is 10.2 Å². The van der Waals surface area contributed by atoms with E-state index < -0.39 is 5.97 Å². The van der Waals surface area contributed by atoms with Crippen molar-refractivity contribution in [2.24, 2.45) is 0 Å². The molecule has 0 saturated carbocycles. The Bertz CT molecular complexity index is 943. The van der Waals surface area contributed by atoms with Crippen LogP contribution in [0.1, 0.15) is 33.7 Å². The van der Waals surface area contributed by atoms with Gasteiger partial charge in [-0.3, -0.25) is 4.79 Å². The number of fused-ring (bicyclic) bond motifs is 1. The van der Waals surface area contributed by atoms with Crippen molar-refractivity contribution < 1.29 is 14.3 Å². The highest BCUT2D eigenvalue weighted by atomic mass is 16.5. The number of esters is 1. The molecule has 1 aliphatic rings. The second-order valence-electron chi connectivity index (χ2n) is 6.22. The molecule has 0 atom stereocenters. The maximum atomic E-state index is 12.3. The van der Waals surface area contributed by atoms with Crippen LogP contribution >= 0.6 is 0 Å². The number of benzene rings is 1. The minimum atomic E-state index is -0.654. The summed E-state index contributed by atoms with van der Waals surface area (Å²) >= 11 is 0. The molecule has 0 aliphatic carbocycles. The van der Waals surface area contributed by atoms with E-state index in [9.17, 15) is 9.59 Å². The SMILES string of the molecule is O=C(OCC(=O)c1c[nH]c2ccccc12)c1ccc(N2CCCC2)nn1. The van der Waals surface area contributed by atoms with Crippen molar-refractivity contribution in [1.29, 1.82) is 0 Å². The summed E-state index contributed by atoms with van der Waals surface area (Å²) < 4.78 is 5.11. The number of nitrogens with zero attached hydrogens (tertiary/aromatic N) is 3. The molecule has 1 aliphatic heterocycles. The average molecular weight is 350 g/mol. The normalized spacial score (nSPS) is 13.9. The van der Waals surface area contributed by atoms with Crippen molar-refractivity contribution >= 4 is 28.5 Å². The fourth-order valence-corrected chi connectivity index (χ4v) is 3.13. The summed E-state index contributed by atoms with van der Waals surface area (Å²) in [6, 6.07) is 10.8. The number of rotatable bonds is 5. The molecule has 1 N–H and O–H groups in total. The van der Waals surface area contributed by atoms with Crippen LogP contribution in [0.2, 0.25) is 0 Å². The zero-order chi connectivity index (χ0) is 17.9. The first-order valence-corrected chi connectivity index (χ1v) is 8.57. The van der Waals surface area contributed by atoms with E-state index in [0.29, 0.717) is 5.56 Å². The molecule has 0 spiro atoms. The van der Waals surface area contributed by atoms with Gasteiger partial charge < -0.3 is 14.6 Å². The third-order valence-electron chi connectivity index (χ3n) is 4.51. The number of Topliss-reactive ketones (excluding diaryl/α,β-unsaturated/α-hetero) is 1. The van der Waals surface area contributed by atoms with E-state index in [1.807, 2.05) is 24.3 Å². The van der Waals surface area contributed by atoms with Crippen LogP contribution in [0.5, 0.6) is 0 Å². The predicted molar refractivity (Wildman–Crippen MR) is 96.4 cm³/mol. The van der Waals surface area contributed by atoms with E-state index in [2.05, 4.69) is 20.1 Å². The lowest BCUT2D eigenvalue weighted by Gasteiger charge is -2.14. The van der Waals surface area contributed by atoms with Gasteiger partial charge >= 0.3 is 5.97 Å². The minimum absolute atomic E-state index is 0.0969. The Labute approximate surface area is 150 Å². The van der Waals surface area contributed by atoms with Gasteiger partial charge in [-0.2, -0.15) is 0 Å².